The lowest BCUT2D eigenvalue weighted by molar-refractivity contribution is -0.142. The van der Waals surface area contributed by atoms with E-state index in [1.807, 2.05) is 43.3 Å². The summed E-state index contributed by atoms with van der Waals surface area (Å²) in [5.41, 5.74) is 4.47. The second-order valence-corrected chi connectivity index (χ2v) is 9.50. The molecule has 2 aromatic carbocycles. The Morgan fingerprint density at radius 1 is 0.839 bits per heavy atom. The molecule has 1 unspecified atom stereocenters. The molecule has 0 aliphatic heterocycles. The molecule has 0 aromatic heterocycles. The lowest BCUT2D eigenvalue weighted by Crippen LogP contribution is -2.13. The number of carbonyl (C=O) groups is 2. The number of carboxylic acid groups (broad SMARTS) is 1. The van der Waals surface area contributed by atoms with Crippen LogP contribution in [0.1, 0.15) is 76.6 Å². The molecule has 0 aliphatic carbocycles. The van der Waals surface area contributed by atoms with Crippen LogP contribution in [0.2, 0.25) is 0 Å². The average Bonchev–Trinajstić information content (AvgIpc) is 2.70. The zero-order valence-corrected chi connectivity index (χ0v) is 19.9. The summed E-state index contributed by atoms with van der Waals surface area (Å²) in [4.78, 5) is 21.6. The van der Waals surface area contributed by atoms with E-state index in [0.29, 0.717) is 0 Å². The van der Waals surface area contributed by atoms with Crippen LogP contribution in [0.25, 0.3) is 0 Å². The Labute approximate surface area is 186 Å². The van der Waals surface area contributed by atoms with E-state index in [1.165, 1.54) is 18.2 Å². The molecule has 0 radical (unpaired) electrons. The van der Waals surface area contributed by atoms with E-state index in [2.05, 4.69) is 65.5 Å². The number of carbonyl (C=O) groups excluding carboxylic acids is 1. The molecule has 4 nitrogen and oxygen atoms in total. The van der Waals surface area contributed by atoms with Gasteiger partial charge in [-0.15, -0.1) is 0 Å². The molecule has 0 spiro atoms. The van der Waals surface area contributed by atoms with Gasteiger partial charge in [0.1, 0.15) is 0 Å². The highest BCUT2D eigenvalue weighted by Gasteiger charge is 2.17. The second kappa shape index (κ2) is 10.8. The Balaban J connectivity index is 0.000000311. The molecule has 2 rings (SSSR count). The molecule has 1 N–H and O–H groups in total. The van der Waals surface area contributed by atoms with Crippen LogP contribution in [-0.4, -0.2) is 24.2 Å². The van der Waals surface area contributed by atoms with Gasteiger partial charge >= 0.3 is 11.9 Å². The number of ether oxygens (including phenoxy) is 1. The van der Waals surface area contributed by atoms with Crippen molar-refractivity contribution < 1.29 is 19.4 Å². The molecule has 31 heavy (non-hydrogen) atoms. The predicted molar refractivity (Wildman–Crippen MR) is 125 cm³/mol. The van der Waals surface area contributed by atoms with Crippen LogP contribution in [0, 0.1) is 11.8 Å². The van der Waals surface area contributed by atoms with Gasteiger partial charge in [0, 0.05) is 11.5 Å². The molecular formula is C27H34O4. The largest absolute Gasteiger partial charge is 0.472 e. The summed E-state index contributed by atoms with van der Waals surface area (Å²) in [5.74, 6) is 3.17. The van der Waals surface area contributed by atoms with E-state index in [0.717, 1.165) is 11.1 Å². The summed E-state index contributed by atoms with van der Waals surface area (Å²) in [6.45, 7) is 14.8. The summed E-state index contributed by atoms with van der Waals surface area (Å²) < 4.78 is 4.72. The summed E-state index contributed by atoms with van der Waals surface area (Å²) >= 11 is 0. The Hall–Kier alpha value is -3.06. The first-order valence-corrected chi connectivity index (χ1v) is 10.3. The Morgan fingerprint density at radius 3 is 1.61 bits per heavy atom. The van der Waals surface area contributed by atoms with Crippen LogP contribution in [0.5, 0.6) is 0 Å². The molecule has 0 amide bonds. The molecule has 0 saturated heterocycles. The van der Waals surface area contributed by atoms with Crippen LogP contribution in [0.15, 0.2) is 48.5 Å². The van der Waals surface area contributed by atoms with Crippen molar-refractivity contribution >= 4 is 11.9 Å². The van der Waals surface area contributed by atoms with Crippen LogP contribution in [0.4, 0.5) is 0 Å². The van der Waals surface area contributed by atoms with Gasteiger partial charge in [-0.05, 0) is 46.6 Å². The van der Waals surface area contributed by atoms with Crippen molar-refractivity contribution in [2.24, 2.45) is 0 Å². The zero-order chi connectivity index (χ0) is 23.8. The van der Waals surface area contributed by atoms with Gasteiger partial charge in [0.2, 0.25) is 0 Å². The molecule has 0 heterocycles. The zero-order valence-electron chi connectivity index (χ0n) is 19.9. The molecule has 1 atom stereocenters. The molecule has 0 bridgehead atoms. The minimum absolute atomic E-state index is 0.110. The maximum atomic E-state index is 11.4. The Morgan fingerprint density at radius 2 is 1.26 bits per heavy atom. The van der Waals surface area contributed by atoms with Gasteiger partial charge < -0.3 is 9.84 Å². The van der Waals surface area contributed by atoms with Crippen LogP contribution in [0.3, 0.4) is 0 Å². The highest BCUT2D eigenvalue weighted by atomic mass is 16.5. The summed E-state index contributed by atoms with van der Waals surface area (Å²) in [6.07, 6.45) is 0. The fourth-order valence-corrected chi connectivity index (χ4v) is 2.76. The van der Waals surface area contributed by atoms with E-state index in [9.17, 15) is 9.59 Å². The van der Waals surface area contributed by atoms with Gasteiger partial charge in [-0.25, -0.2) is 4.79 Å². The smallest absolute Gasteiger partial charge is 0.382 e. The highest BCUT2D eigenvalue weighted by Crippen LogP contribution is 2.25. The van der Waals surface area contributed by atoms with Crippen molar-refractivity contribution in [2.45, 2.75) is 65.2 Å². The van der Waals surface area contributed by atoms with E-state index >= 15 is 0 Å². The minimum atomic E-state index is -1.10. The van der Waals surface area contributed by atoms with Crippen molar-refractivity contribution in [1.82, 2.24) is 0 Å². The van der Waals surface area contributed by atoms with Gasteiger partial charge in [0.05, 0.1) is 13.0 Å². The van der Waals surface area contributed by atoms with Gasteiger partial charge in [-0.2, -0.15) is 0 Å². The third-order valence-electron chi connectivity index (χ3n) is 4.90. The second-order valence-electron chi connectivity index (χ2n) is 9.50. The van der Waals surface area contributed by atoms with Crippen LogP contribution in [-0.2, 0) is 25.2 Å². The maximum Gasteiger partial charge on any atom is 0.382 e. The van der Waals surface area contributed by atoms with E-state index < -0.39 is 5.97 Å². The number of carboxylic acids is 1. The fraction of sp³-hybridized carbons (Fsp3) is 0.407. The first-order chi connectivity index (χ1) is 14.3. The maximum absolute atomic E-state index is 11.4. The van der Waals surface area contributed by atoms with Crippen molar-refractivity contribution in [3.63, 3.8) is 0 Å². The average molecular weight is 423 g/mol. The van der Waals surface area contributed by atoms with Crippen molar-refractivity contribution in [2.75, 3.05) is 7.11 Å². The lowest BCUT2D eigenvalue weighted by atomic mass is 9.86. The Kier molecular flexibility index (Phi) is 9.06. The normalized spacial score (nSPS) is 11.9. The molecule has 0 saturated carbocycles. The van der Waals surface area contributed by atoms with Crippen molar-refractivity contribution in [3.05, 3.63) is 70.8 Å². The molecular weight excluding hydrogens is 388 g/mol. The molecule has 0 fully saturated rings. The first-order valence-electron chi connectivity index (χ1n) is 10.3. The van der Waals surface area contributed by atoms with Gasteiger partial charge in [0.15, 0.2) is 0 Å². The molecule has 0 aliphatic rings. The SMILES string of the molecule is CC(C)(C)c1ccc(C#CC(=O)O)cc1.COC(=O)C(C)c1ccc(C(C)(C)C)cc1. The van der Waals surface area contributed by atoms with Crippen molar-refractivity contribution in [3.8, 4) is 11.8 Å². The number of esters is 1. The number of aliphatic carboxylic acids is 1. The monoisotopic (exact) mass is 422 g/mol. The summed E-state index contributed by atoms with van der Waals surface area (Å²) in [5, 5.41) is 8.39. The molecule has 2 aromatic rings. The van der Waals surface area contributed by atoms with Crippen LogP contribution >= 0.6 is 0 Å². The number of benzene rings is 2. The predicted octanol–water partition coefficient (Wildman–Crippen LogP) is 5.68. The van der Waals surface area contributed by atoms with Gasteiger partial charge in [-0.3, -0.25) is 4.79 Å². The number of methoxy groups -OCH3 is 1. The van der Waals surface area contributed by atoms with Crippen LogP contribution < -0.4 is 0 Å². The minimum Gasteiger partial charge on any atom is -0.472 e. The van der Waals surface area contributed by atoms with E-state index in [4.69, 9.17) is 9.84 Å². The topological polar surface area (TPSA) is 63.6 Å². The number of hydrogen-bond donors (Lipinski definition) is 1. The fourth-order valence-electron chi connectivity index (χ4n) is 2.76. The van der Waals surface area contributed by atoms with E-state index in [-0.39, 0.29) is 22.7 Å². The lowest BCUT2D eigenvalue weighted by Gasteiger charge is -2.19. The molecule has 166 valence electrons. The number of rotatable bonds is 2. The standard InChI is InChI=1S/C14H20O2.C13H14O2/c1-10(13(15)16-5)11-6-8-12(9-7-11)14(2,3)4;1-13(2,3)11-7-4-10(5-8-11)6-9-12(14)15/h6-10H,1-5H3;4-5,7-8H,1-3H3,(H,14,15). The van der Waals surface area contributed by atoms with E-state index in [1.54, 1.807) is 0 Å². The first kappa shape index (κ1) is 26.0. The number of hydrogen-bond acceptors (Lipinski definition) is 3. The third kappa shape index (κ3) is 8.68. The highest BCUT2D eigenvalue weighted by molar-refractivity contribution is 5.87. The quantitative estimate of drug-likeness (QED) is 0.499. The summed E-state index contributed by atoms with van der Waals surface area (Å²) in [6, 6.07) is 15.8. The van der Waals surface area contributed by atoms with Gasteiger partial charge in [-0.1, -0.05) is 83.9 Å². The third-order valence-corrected chi connectivity index (χ3v) is 4.90. The Bertz CT molecular complexity index is 928. The summed E-state index contributed by atoms with van der Waals surface area (Å²) in [7, 11) is 1.42. The van der Waals surface area contributed by atoms with Crippen molar-refractivity contribution in [1.29, 1.82) is 0 Å². The van der Waals surface area contributed by atoms with Gasteiger partial charge in [0.25, 0.3) is 0 Å². The molecule has 4 heteroatoms.